The second kappa shape index (κ2) is 9.56. The van der Waals surface area contributed by atoms with Crippen molar-refractivity contribution in [1.29, 1.82) is 0 Å². The molecule has 1 heterocycles. The van der Waals surface area contributed by atoms with Gasteiger partial charge in [0.05, 0.1) is 0 Å². The molecule has 1 aromatic heterocycles. The number of hydrogen-bond acceptors (Lipinski definition) is 1. The topological polar surface area (TPSA) is 12.9 Å². The molecule has 1 aromatic carbocycles. The number of rotatable bonds is 5. The summed E-state index contributed by atoms with van der Waals surface area (Å²) in [6, 6.07) is 13.9. The van der Waals surface area contributed by atoms with Crippen molar-refractivity contribution in [2.45, 2.75) is 60.1 Å². The minimum Gasteiger partial charge on any atom is -0.261 e. The fourth-order valence-electron chi connectivity index (χ4n) is 2.45. The fraction of sp³-hybridized carbons (Fsp3) is 0.500. The molecule has 132 valence electrons. The Morgan fingerprint density at radius 1 is 0.875 bits per heavy atom. The van der Waals surface area contributed by atoms with Crippen LogP contribution in [0.15, 0.2) is 48.7 Å². The van der Waals surface area contributed by atoms with Gasteiger partial charge in [0.25, 0.3) is 0 Å². The molecule has 0 spiro atoms. The molecule has 0 radical (unpaired) electrons. The van der Waals surface area contributed by atoms with Gasteiger partial charge in [-0.1, -0.05) is 58.0 Å². The zero-order valence-corrected chi connectivity index (χ0v) is 16.0. The molecule has 0 saturated carbocycles. The lowest BCUT2D eigenvalue weighted by atomic mass is 9.96. The standard InChI is InChI=1S/C13H19F.C9H13N/c1-10(2)9-11-5-7-12(8-6-11)13(3,4)14;1-8(2)7-9-5-3-4-6-10-9/h5-8,10H,9H2,1-4H3;3-6,8H,7H2,1-2H3. The predicted octanol–water partition coefficient (Wildman–Crippen LogP) is 6.37. The maximum absolute atomic E-state index is 13.5. The van der Waals surface area contributed by atoms with E-state index in [0.29, 0.717) is 11.8 Å². The summed E-state index contributed by atoms with van der Waals surface area (Å²) in [5, 5.41) is 0. The van der Waals surface area contributed by atoms with Gasteiger partial charge >= 0.3 is 0 Å². The third-order valence-electron chi connectivity index (χ3n) is 3.63. The Hall–Kier alpha value is -1.70. The zero-order chi connectivity index (χ0) is 18.2. The summed E-state index contributed by atoms with van der Waals surface area (Å²) in [7, 11) is 0. The Balaban J connectivity index is 0.000000254. The summed E-state index contributed by atoms with van der Waals surface area (Å²) < 4.78 is 13.5. The van der Waals surface area contributed by atoms with Crippen LogP contribution in [0.3, 0.4) is 0 Å². The number of hydrogen-bond donors (Lipinski definition) is 0. The number of pyridine rings is 1. The van der Waals surface area contributed by atoms with E-state index in [9.17, 15) is 4.39 Å². The number of alkyl halides is 1. The second-order valence-corrected chi connectivity index (χ2v) is 7.69. The van der Waals surface area contributed by atoms with Gasteiger partial charge in [0, 0.05) is 11.9 Å². The minimum absolute atomic E-state index is 0.652. The van der Waals surface area contributed by atoms with E-state index in [4.69, 9.17) is 0 Å². The third-order valence-corrected chi connectivity index (χ3v) is 3.63. The van der Waals surface area contributed by atoms with Gasteiger partial charge < -0.3 is 0 Å². The Kier molecular flexibility index (Phi) is 8.10. The molecular weight excluding hydrogens is 297 g/mol. The van der Waals surface area contributed by atoms with Crippen LogP contribution in [0.25, 0.3) is 0 Å². The molecule has 0 unspecified atom stereocenters. The predicted molar refractivity (Wildman–Crippen MR) is 102 cm³/mol. The molecule has 0 atom stereocenters. The highest BCUT2D eigenvalue weighted by atomic mass is 19.1. The lowest BCUT2D eigenvalue weighted by molar-refractivity contribution is 0.221. The molecule has 0 aliphatic rings. The number of halogens is 1. The molecule has 2 heteroatoms. The lowest BCUT2D eigenvalue weighted by Crippen LogP contribution is -2.08. The first-order valence-corrected chi connectivity index (χ1v) is 8.86. The fourth-order valence-corrected chi connectivity index (χ4v) is 2.45. The molecule has 2 rings (SSSR count). The minimum atomic E-state index is -1.23. The summed E-state index contributed by atoms with van der Waals surface area (Å²) >= 11 is 0. The first-order chi connectivity index (χ1) is 11.2. The first kappa shape index (κ1) is 20.3. The molecule has 0 fully saturated rings. The second-order valence-electron chi connectivity index (χ2n) is 7.69. The van der Waals surface area contributed by atoms with Gasteiger partial charge in [0.15, 0.2) is 0 Å². The molecule has 0 aliphatic heterocycles. The monoisotopic (exact) mass is 329 g/mol. The molecule has 0 saturated heterocycles. The molecule has 0 amide bonds. The maximum Gasteiger partial charge on any atom is 0.130 e. The summed E-state index contributed by atoms with van der Waals surface area (Å²) in [6.07, 6.45) is 3.99. The van der Waals surface area contributed by atoms with Gasteiger partial charge in [0.2, 0.25) is 0 Å². The van der Waals surface area contributed by atoms with Gasteiger partial charge in [0.1, 0.15) is 5.67 Å². The van der Waals surface area contributed by atoms with Crippen molar-refractivity contribution in [3.05, 3.63) is 65.5 Å². The van der Waals surface area contributed by atoms with Crippen LogP contribution in [0.5, 0.6) is 0 Å². The third kappa shape index (κ3) is 8.24. The van der Waals surface area contributed by atoms with Crippen molar-refractivity contribution in [3.8, 4) is 0 Å². The lowest BCUT2D eigenvalue weighted by Gasteiger charge is -2.15. The van der Waals surface area contributed by atoms with Crippen LogP contribution in [0.4, 0.5) is 4.39 Å². The Morgan fingerprint density at radius 3 is 1.88 bits per heavy atom. The molecule has 0 N–H and O–H groups in total. The normalized spacial score (nSPS) is 11.4. The summed E-state index contributed by atoms with van der Waals surface area (Å²) in [4.78, 5) is 4.22. The number of nitrogens with zero attached hydrogens (tertiary/aromatic N) is 1. The number of aromatic nitrogens is 1. The van der Waals surface area contributed by atoms with Crippen molar-refractivity contribution in [2.75, 3.05) is 0 Å². The van der Waals surface area contributed by atoms with E-state index in [2.05, 4.69) is 38.7 Å². The maximum atomic E-state index is 13.5. The van der Waals surface area contributed by atoms with Crippen LogP contribution in [0.1, 0.15) is 58.4 Å². The van der Waals surface area contributed by atoms with Crippen LogP contribution in [0.2, 0.25) is 0 Å². The van der Waals surface area contributed by atoms with E-state index < -0.39 is 5.67 Å². The van der Waals surface area contributed by atoms with Crippen molar-refractivity contribution < 1.29 is 4.39 Å². The molecule has 2 aromatic rings. The average Bonchev–Trinajstić information content (AvgIpc) is 2.47. The van der Waals surface area contributed by atoms with E-state index in [-0.39, 0.29) is 0 Å². The molecule has 1 nitrogen and oxygen atoms in total. The van der Waals surface area contributed by atoms with Crippen LogP contribution < -0.4 is 0 Å². The van der Waals surface area contributed by atoms with E-state index in [1.54, 1.807) is 13.8 Å². The highest BCUT2D eigenvalue weighted by Crippen LogP contribution is 2.24. The van der Waals surface area contributed by atoms with Gasteiger partial charge in [-0.2, -0.15) is 0 Å². The van der Waals surface area contributed by atoms with Crippen molar-refractivity contribution >= 4 is 0 Å². The quantitative estimate of drug-likeness (QED) is 0.621. The zero-order valence-electron chi connectivity index (χ0n) is 16.0. The van der Waals surface area contributed by atoms with Crippen molar-refractivity contribution in [2.24, 2.45) is 11.8 Å². The smallest absolute Gasteiger partial charge is 0.130 e. The SMILES string of the molecule is CC(C)Cc1ccc(C(C)(C)F)cc1.CC(C)Cc1ccccn1. The molecule has 0 bridgehead atoms. The van der Waals surface area contributed by atoms with Gasteiger partial charge in [-0.3, -0.25) is 4.98 Å². The molecule has 24 heavy (non-hydrogen) atoms. The van der Waals surface area contributed by atoms with Gasteiger partial charge in [-0.25, -0.2) is 4.39 Å². The molecule has 0 aliphatic carbocycles. The Bertz CT molecular complexity index is 565. The van der Waals surface area contributed by atoms with Crippen LogP contribution >= 0.6 is 0 Å². The van der Waals surface area contributed by atoms with E-state index in [0.717, 1.165) is 18.4 Å². The summed E-state index contributed by atoms with van der Waals surface area (Å²) in [5.74, 6) is 1.36. The highest BCUT2D eigenvalue weighted by Gasteiger charge is 2.17. The Morgan fingerprint density at radius 2 is 1.46 bits per heavy atom. The molecular formula is C22H32FN. The van der Waals surface area contributed by atoms with Crippen molar-refractivity contribution in [3.63, 3.8) is 0 Å². The van der Waals surface area contributed by atoms with Gasteiger partial charge in [-0.05, 0) is 61.8 Å². The van der Waals surface area contributed by atoms with E-state index in [1.165, 1.54) is 11.3 Å². The van der Waals surface area contributed by atoms with Gasteiger partial charge in [-0.15, -0.1) is 0 Å². The average molecular weight is 330 g/mol. The van der Waals surface area contributed by atoms with Crippen LogP contribution in [-0.4, -0.2) is 4.98 Å². The summed E-state index contributed by atoms with van der Waals surface area (Å²) in [5.41, 5.74) is 2.01. The van der Waals surface area contributed by atoms with Crippen LogP contribution in [-0.2, 0) is 18.5 Å². The van der Waals surface area contributed by atoms with Crippen LogP contribution in [0, 0.1) is 11.8 Å². The largest absolute Gasteiger partial charge is 0.261 e. The Labute approximate surface area is 147 Å². The first-order valence-electron chi connectivity index (χ1n) is 8.86. The van der Waals surface area contributed by atoms with E-state index >= 15 is 0 Å². The highest BCUT2D eigenvalue weighted by molar-refractivity contribution is 5.26. The number of benzene rings is 1. The van der Waals surface area contributed by atoms with Crippen molar-refractivity contribution in [1.82, 2.24) is 4.98 Å². The summed E-state index contributed by atoms with van der Waals surface area (Å²) in [6.45, 7) is 12.0. The van der Waals surface area contributed by atoms with E-state index in [1.807, 2.05) is 42.6 Å².